The second kappa shape index (κ2) is 11.9. The summed E-state index contributed by atoms with van der Waals surface area (Å²) in [6.45, 7) is 6.35. The smallest absolute Gasteiger partial charge is 0.251 e. The standard InChI is InChI=1S/C32H31Cl2F2N3O2/c1-5-6-18(15-37-32(40)20-11-19-12-24(33)17(3)38-30(19)27(13-20)41-4)26-14-23-16(2)7-8-21(23)31(39-26)22-9-10-25(35)28(34)29(22)36/h9-14,16,18H,5-8,15H2,1-4H3,(H,37,40). The Morgan fingerprint density at radius 1 is 1.17 bits per heavy atom. The fourth-order valence-electron chi connectivity index (χ4n) is 5.60. The van der Waals surface area contributed by atoms with E-state index in [1.54, 1.807) is 18.2 Å². The van der Waals surface area contributed by atoms with Crippen molar-refractivity contribution in [1.29, 1.82) is 0 Å². The second-order valence-electron chi connectivity index (χ2n) is 10.6. The first-order valence-corrected chi connectivity index (χ1v) is 14.5. The average Bonchev–Trinajstić information content (AvgIpc) is 3.34. The fourth-order valence-corrected chi connectivity index (χ4v) is 5.92. The molecule has 4 aromatic rings. The monoisotopic (exact) mass is 597 g/mol. The molecule has 41 heavy (non-hydrogen) atoms. The first-order chi connectivity index (χ1) is 19.6. The zero-order chi connectivity index (χ0) is 29.4. The van der Waals surface area contributed by atoms with Gasteiger partial charge in [0, 0.05) is 34.7 Å². The molecule has 2 aromatic heterocycles. The molecule has 0 saturated carbocycles. The third-order valence-electron chi connectivity index (χ3n) is 7.89. The molecule has 0 radical (unpaired) electrons. The topological polar surface area (TPSA) is 64.1 Å². The molecule has 1 amide bonds. The Balaban J connectivity index is 1.48. The molecule has 0 bridgehead atoms. The van der Waals surface area contributed by atoms with Crippen LogP contribution < -0.4 is 10.1 Å². The van der Waals surface area contributed by atoms with Gasteiger partial charge in [0.15, 0.2) is 5.82 Å². The van der Waals surface area contributed by atoms with Gasteiger partial charge in [-0.05, 0) is 79.6 Å². The highest BCUT2D eigenvalue weighted by Crippen LogP contribution is 2.41. The first-order valence-electron chi connectivity index (χ1n) is 13.7. The number of methoxy groups -OCH3 is 1. The molecule has 0 aliphatic heterocycles. The van der Waals surface area contributed by atoms with Gasteiger partial charge in [-0.1, -0.05) is 43.5 Å². The largest absolute Gasteiger partial charge is 0.494 e. The summed E-state index contributed by atoms with van der Waals surface area (Å²) >= 11 is 12.2. The van der Waals surface area contributed by atoms with E-state index in [1.165, 1.54) is 19.2 Å². The van der Waals surface area contributed by atoms with Gasteiger partial charge < -0.3 is 10.1 Å². The molecule has 5 nitrogen and oxygen atoms in total. The summed E-state index contributed by atoms with van der Waals surface area (Å²) in [6.07, 6.45) is 3.28. The zero-order valence-corrected chi connectivity index (χ0v) is 24.9. The quantitative estimate of drug-likeness (QED) is 0.207. The highest BCUT2D eigenvalue weighted by atomic mass is 35.5. The van der Waals surface area contributed by atoms with Crippen LogP contribution in [0.5, 0.6) is 5.75 Å². The van der Waals surface area contributed by atoms with Crippen molar-refractivity contribution in [3.8, 4) is 17.0 Å². The number of nitrogens with one attached hydrogen (secondary N) is 1. The minimum Gasteiger partial charge on any atom is -0.494 e. The number of nitrogens with zero attached hydrogens (tertiary/aromatic N) is 2. The Morgan fingerprint density at radius 3 is 2.68 bits per heavy atom. The molecule has 2 unspecified atom stereocenters. The maximum atomic E-state index is 15.2. The van der Waals surface area contributed by atoms with Crippen LogP contribution in [0.3, 0.4) is 0 Å². The van der Waals surface area contributed by atoms with Crippen LogP contribution in [0.2, 0.25) is 10.0 Å². The van der Waals surface area contributed by atoms with E-state index in [0.717, 1.165) is 42.5 Å². The first kappa shape index (κ1) is 29.2. The number of hydrogen-bond donors (Lipinski definition) is 1. The molecule has 2 heterocycles. The summed E-state index contributed by atoms with van der Waals surface area (Å²) in [5.74, 6) is -1.26. The Kier molecular flexibility index (Phi) is 8.48. The van der Waals surface area contributed by atoms with E-state index in [-0.39, 0.29) is 23.3 Å². The normalized spacial score (nSPS) is 15.2. The molecule has 214 valence electrons. The van der Waals surface area contributed by atoms with E-state index in [1.807, 2.05) is 6.92 Å². The molecular formula is C32H31Cl2F2N3O2. The van der Waals surface area contributed by atoms with Crippen LogP contribution in [-0.4, -0.2) is 29.5 Å². The van der Waals surface area contributed by atoms with Gasteiger partial charge in [0.1, 0.15) is 22.1 Å². The average molecular weight is 599 g/mol. The van der Waals surface area contributed by atoms with Crippen molar-refractivity contribution in [1.82, 2.24) is 15.3 Å². The second-order valence-corrected chi connectivity index (χ2v) is 11.4. The maximum absolute atomic E-state index is 15.2. The van der Waals surface area contributed by atoms with Crippen molar-refractivity contribution in [2.75, 3.05) is 13.7 Å². The summed E-state index contributed by atoms with van der Waals surface area (Å²) in [5.41, 5.74) is 5.25. The summed E-state index contributed by atoms with van der Waals surface area (Å²) in [6, 6.07) is 9.84. The lowest BCUT2D eigenvalue weighted by Crippen LogP contribution is -2.29. The lowest BCUT2D eigenvalue weighted by Gasteiger charge is -2.21. The van der Waals surface area contributed by atoms with Gasteiger partial charge in [-0.3, -0.25) is 9.78 Å². The Hall–Kier alpha value is -3.29. The van der Waals surface area contributed by atoms with Gasteiger partial charge in [-0.15, -0.1) is 0 Å². The molecule has 1 N–H and O–H groups in total. The van der Waals surface area contributed by atoms with Gasteiger partial charge >= 0.3 is 0 Å². The number of halogens is 4. The van der Waals surface area contributed by atoms with E-state index >= 15 is 4.39 Å². The number of rotatable bonds is 8. The van der Waals surface area contributed by atoms with Crippen LogP contribution in [0.4, 0.5) is 8.78 Å². The third kappa shape index (κ3) is 5.62. The summed E-state index contributed by atoms with van der Waals surface area (Å²) in [5, 5.41) is 3.73. The number of fused-ring (bicyclic) bond motifs is 2. The van der Waals surface area contributed by atoms with Crippen molar-refractivity contribution in [3.63, 3.8) is 0 Å². The number of carbonyl (C=O) groups excluding carboxylic acids is 1. The number of pyridine rings is 2. The predicted octanol–water partition coefficient (Wildman–Crippen LogP) is 8.56. The zero-order valence-electron chi connectivity index (χ0n) is 23.4. The third-order valence-corrected chi connectivity index (χ3v) is 8.61. The van der Waals surface area contributed by atoms with Gasteiger partial charge in [-0.2, -0.15) is 0 Å². The van der Waals surface area contributed by atoms with Gasteiger partial charge in [0.25, 0.3) is 5.91 Å². The number of aryl methyl sites for hydroxylation is 1. The summed E-state index contributed by atoms with van der Waals surface area (Å²) < 4.78 is 34.6. The molecule has 5 rings (SSSR count). The van der Waals surface area contributed by atoms with Crippen LogP contribution in [0.25, 0.3) is 22.2 Å². The van der Waals surface area contributed by atoms with Crippen LogP contribution in [0.1, 0.15) is 77.8 Å². The molecule has 9 heteroatoms. The van der Waals surface area contributed by atoms with Crippen LogP contribution in [0, 0.1) is 18.6 Å². The van der Waals surface area contributed by atoms with E-state index < -0.39 is 16.7 Å². The number of benzene rings is 2. The Bertz CT molecular complexity index is 1660. The van der Waals surface area contributed by atoms with Crippen LogP contribution in [0.15, 0.2) is 36.4 Å². The van der Waals surface area contributed by atoms with E-state index in [9.17, 15) is 9.18 Å². The van der Waals surface area contributed by atoms with Crippen molar-refractivity contribution >= 4 is 40.0 Å². The number of hydrogen-bond acceptors (Lipinski definition) is 4. The molecular weight excluding hydrogens is 567 g/mol. The number of aromatic nitrogens is 2. The Labute approximate surface area is 248 Å². The maximum Gasteiger partial charge on any atom is 0.251 e. The van der Waals surface area contributed by atoms with Crippen molar-refractivity contribution in [2.45, 2.75) is 58.3 Å². The number of ether oxygens (including phenoxy) is 1. The summed E-state index contributed by atoms with van der Waals surface area (Å²) in [4.78, 5) is 22.8. The highest BCUT2D eigenvalue weighted by molar-refractivity contribution is 6.32. The highest BCUT2D eigenvalue weighted by Gasteiger charge is 2.28. The molecule has 0 saturated heterocycles. The van der Waals surface area contributed by atoms with Crippen molar-refractivity contribution in [3.05, 3.63) is 86.2 Å². The van der Waals surface area contributed by atoms with Crippen molar-refractivity contribution < 1.29 is 18.3 Å². The molecule has 1 aliphatic carbocycles. The molecule has 2 atom stereocenters. The van der Waals surface area contributed by atoms with Gasteiger partial charge in [0.05, 0.1) is 23.5 Å². The predicted molar refractivity (Wildman–Crippen MR) is 159 cm³/mol. The van der Waals surface area contributed by atoms with Crippen LogP contribution in [-0.2, 0) is 6.42 Å². The minimum atomic E-state index is -0.812. The lowest BCUT2D eigenvalue weighted by molar-refractivity contribution is 0.0950. The molecule has 0 spiro atoms. The molecule has 1 aliphatic rings. The molecule has 0 fully saturated rings. The number of amides is 1. The number of carbonyl (C=O) groups is 1. The van der Waals surface area contributed by atoms with E-state index in [0.29, 0.717) is 45.2 Å². The molecule has 2 aromatic carbocycles. The Morgan fingerprint density at radius 2 is 1.95 bits per heavy atom. The summed E-state index contributed by atoms with van der Waals surface area (Å²) in [7, 11) is 1.54. The fraction of sp³-hybridized carbons (Fsp3) is 0.344. The lowest BCUT2D eigenvalue weighted by atomic mass is 9.92. The minimum absolute atomic E-state index is 0.124. The van der Waals surface area contributed by atoms with Gasteiger partial charge in [-0.25, -0.2) is 13.8 Å². The SMILES string of the molecule is CCCC(CNC(=O)c1cc(OC)c2nc(C)c(Cl)cc2c1)c1cc2c(c(-c3ccc(F)c(Cl)c3F)n1)CCC2C. The van der Waals surface area contributed by atoms with E-state index in [2.05, 4.69) is 30.2 Å². The van der Waals surface area contributed by atoms with Crippen molar-refractivity contribution in [2.24, 2.45) is 0 Å². The van der Waals surface area contributed by atoms with E-state index in [4.69, 9.17) is 32.9 Å². The van der Waals surface area contributed by atoms with Gasteiger partial charge in [0.2, 0.25) is 0 Å². The van der Waals surface area contributed by atoms with Crippen LogP contribution >= 0.6 is 23.2 Å².